The summed E-state index contributed by atoms with van der Waals surface area (Å²) in [7, 11) is 1.62. The van der Waals surface area contributed by atoms with E-state index in [9.17, 15) is 4.79 Å². The Balaban J connectivity index is 1.93. The minimum Gasteiger partial charge on any atom is -0.497 e. The van der Waals surface area contributed by atoms with E-state index in [1.807, 2.05) is 41.8 Å². The van der Waals surface area contributed by atoms with Crippen LogP contribution in [0.5, 0.6) is 5.75 Å². The van der Waals surface area contributed by atoms with E-state index in [2.05, 4.69) is 5.32 Å². The molecule has 100 valence electrons. The molecule has 1 amide bonds. The van der Waals surface area contributed by atoms with E-state index in [1.54, 1.807) is 7.11 Å². The second-order valence-electron chi connectivity index (χ2n) is 4.06. The topological polar surface area (TPSA) is 64.3 Å². The van der Waals surface area contributed by atoms with Crippen molar-refractivity contribution >= 4 is 17.2 Å². The predicted octanol–water partition coefficient (Wildman–Crippen LogP) is 2.07. The van der Waals surface area contributed by atoms with Gasteiger partial charge < -0.3 is 15.8 Å². The summed E-state index contributed by atoms with van der Waals surface area (Å²) in [5, 5.41) is 4.73. The van der Waals surface area contributed by atoms with Crippen molar-refractivity contribution in [3.8, 4) is 5.75 Å². The average molecular weight is 276 g/mol. The highest BCUT2D eigenvalue weighted by Gasteiger charge is 2.15. The summed E-state index contributed by atoms with van der Waals surface area (Å²) >= 11 is 1.48. The van der Waals surface area contributed by atoms with Gasteiger partial charge in [0.2, 0.25) is 5.91 Å². The number of thiophene rings is 1. The molecule has 0 bridgehead atoms. The number of benzene rings is 1. The van der Waals surface area contributed by atoms with Crippen LogP contribution in [0.15, 0.2) is 41.8 Å². The fourth-order valence-corrected chi connectivity index (χ4v) is 2.40. The Labute approximate surface area is 116 Å². The lowest BCUT2D eigenvalue weighted by Gasteiger charge is -2.11. The molecule has 2 rings (SSSR count). The van der Waals surface area contributed by atoms with E-state index in [-0.39, 0.29) is 5.91 Å². The Hall–Kier alpha value is -1.85. The normalized spacial score (nSPS) is 11.9. The molecule has 1 unspecified atom stereocenters. The van der Waals surface area contributed by atoms with Gasteiger partial charge in [0, 0.05) is 11.4 Å². The number of carbonyl (C=O) groups excluding carboxylic acids is 1. The molecule has 5 heteroatoms. The smallest absolute Gasteiger partial charge is 0.242 e. The standard InChI is InChI=1S/C14H16N2O2S/c1-18-11-5-2-4-10(8-11)9-16-14(17)13(15)12-6-3-7-19-12/h2-8,13H,9,15H2,1H3,(H,16,17). The predicted molar refractivity (Wildman–Crippen MR) is 76.1 cm³/mol. The highest BCUT2D eigenvalue weighted by Crippen LogP contribution is 2.17. The third kappa shape index (κ3) is 3.56. The van der Waals surface area contributed by atoms with Gasteiger partial charge in [-0.2, -0.15) is 0 Å². The van der Waals surface area contributed by atoms with Gasteiger partial charge in [0.1, 0.15) is 11.8 Å². The molecule has 0 aliphatic carbocycles. The first-order chi connectivity index (χ1) is 9.20. The second-order valence-corrected chi connectivity index (χ2v) is 5.04. The Morgan fingerprint density at radius 3 is 2.95 bits per heavy atom. The molecule has 0 spiro atoms. The van der Waals surface area contributed by atoms with Crippen LogP contribution in [0.4, 0.5) is 0 Å². The second kappa shape index (κ2) is 6.36. The molecule has 0 saturated heterocycles. The molecule has 0 aliphatic heterocycles. The van der Waals surface area contributed by atoms with E-state index in [1.165, 1.54) is 11.3 Å². The third-order valence-electron chi connectivity index (χ3n) is 2.73. The zero-order valence-electron chi connectivity index (χ0n) is 10.6. The minimum atomic E-state index is -0.606. The molecule has 1 heterocycles. The zero-order valence-corrected chi connectivity index (χ0v) is 11.4. The molecule has 0 saturated carbocycles. The van der Waals surface area contributed by atoms with E-state index in [0.29, 0.717) is 6.54 Å². The average Bonchev–Trinajstić information content (AvgIpc) is 2.98. The largest absolute Gasteiger partial charge is 0.497 e. The van der Waals surface area contributed by atoms with Crippen molar-refractivity contribution in [3.63, 3.8) is 0 Å². The number of rotatable bonds is 5. The van der Waals surface area contributed by atoms with Crippen molar-refractivity contribution in [2.45, 2.75) is 12.6 Å². The maximum Gasteiger partial charge on any atom is 0.242 e. The van der Waals surface area contributed by atoms with Crippen molar-refractivity contribution in [3.05, 3.63) is 52.2 Å². The van der Waals surface area contributed by atoms with Gasteiger partial charge in [0.25, 0.3) is 0 Å². The summed E-state index contributed by atoms with van der Waals surface area (Å²) in [6, 6.07) is 10.7. The Kier molecular flexibility index (Phi) is 4.54. The van der Waals surface area contributed by atoms with E-state index in [4.69, 9.17) is 10.5 Å². The van der Waals surface area contributed by atoms with Crippen LogP contribution in [-0.4, -0.2) is 13.0 Å². The van der Waals surface area contributed by atoms with Gasteiger partial charge in [-0.25, -0.2) is 0 Å². The molecular formula is C14H16N2O2S. The van der Waals surface area contributed by atoms with Crippen LogP contribution in [-0.2, 0) is 11.3 Å². The molecule has 3 N–H and O–H groups in total. The molecule has 0 radical (unpaired) electrons. The van der Waals surface area contributed by atoms with Gasteiger partial charge in [0.05, 0.1) is 7.11 Å². The molecule has 2 aromatic rings. The Bertz CT molecular complexity index is 540. The Morgan fingerprint density at radius 1 is 1.42 bits per heavy atom. The van der Waals surface area contributed by atoms with Crippen LogP contribution in [0.25, 0.3) is 0 Å². The third-order valence-corrected chi connectivity index (χ3v) is 3.69. The van der Waals surface area contributed by atoms with Crippen LogP contribution in [0.3, 0.4) is 0 Å². The molecule has 0 aliphatic rings. The molecule has 4 nitrogen and oxygen atoms in total. The number of carbonyl (C=O) groups is 1. The number of methoxy groups -OCH3 is 1. The number of amides is 1. The first kappa shape index (κ1) is 13.6. The summed E-state index contributed by atoms with van der Waals surface area (Å²) in [6.45, 7) is 0.440. The highest BCUT2D eigenvalue weighted by molar-refractivity contribution is 7.10. The van der Waals surface area contributed by atoms with Crippen molar-refractivity contribution in [2.75, 3.05) is 7.11 Å². The number of hydrogen-bond acceptors (Lipinski definition) is 4. The Morgan fingerprint density at radius 2 is 2.26 bits per heavy atom. The van der Waals surface area contributed by atoms with Crippen molar-refractivity contribution in [1.29, 1.82) is 0 Å². The van der Waals surface area contributed by atoms with Gasteiger partial charge in [0.15, 0.2) is 0 Å². The lowest BCUT2D eigenvalue weighted by Crippen LogP contribution is -2.33. The lowest BCUT2D eigenvalue weighted by atomic mass is 10.2. The van der Waals surface area contributed by atoms with Crippen LogP contribution in [0, 0.1) is 0 Å². The first-order valence-corrected chi connectivity index (χ1v) is 6.78. The molecule has 19 heavy (non-hydrogen) atoms. The quantitative estimate of drug-likeness (QED) is 0.878. The maximum absolute atomic E-state index is 11.9. The van der Waals surface area contributed by atoms with Crippen LogP contribution >= 0.6 is 11.3 Å². The number of nitrogens with one attached hydrogen (secondary N) is 1. The number of ether oxygens (including phenoxy) is 1. The molecule has 1 atom stereocenters. The number of hydrogen-bond donors (Lipinski definition) is 2. The summed E-state index contributed by atoms with van der Waals surface area (Å²) in [4.78, 5) is 12.8. The maximum atomic E-state index is 11.9. The van der Waals surface area contributed by atoms with Crippen LogP contribution in [0.1, 0.15) is 16.5 Å². The van der Waals surface area contributed by atoms with Crippen molar-refractivity contribution < 1.29 is 9.53 Å². The van der Waals surface area contributed by atoms with E-state index < -0.39 is 6.04 Å². The van der Waals surface area contributed by atoms with Crippen molar-refractivity contribution in [1.82, 2.24) is 5.32 Å². The first-order valence-electron chi connectivity index (χ1n) is 5.90. The SMILES string of the molecule is COc1cccc(CNC(=O)C(N)c2cccs2)c1. The lowest BCUT2D eigenvalue weighted by molar-refractivity contribution is -0.122. The summed E-state index contributed by atoms with van der Waals surface area (Å²) in [6.07, 6.45) is 0. The molecule has 0 fully saturated rings. The summed E-state index contributed by atoms with van der Waals surface area (Å²) < 4.78 is 5.13. The molecule has 1 aromatic heterocycles. The van der Waals surface area contributed by atoms with Gasteiger partial charge in [-0.05, 0) is 29.1 Å². The van der Waals surface area contributed by atoms with E-state index >= 15 is 0 Å². The highest BCUT2D eigenvalue weighted by atomic mass is 32.1. The van der Waals surface area contributed by atoms with Crippen molar-refractivity contribution in [2.24, 2.45) is 5.73 Å². The van der Waals surface area contributed by atoms with Crippen LogP contribution < -0.4 is 15.8 Å². The van der Waals surface area contributed by atoms with Gasteiger partial charge >= 0.3 is 0 Å². The molecule has 1 aromatic carbocycles. The fourth-order valence-electron chi connectivity index (χ4n) is 1.68. The van der Waals surface area contributed by atoms with Gasteiger partial charge in [-0.3, -0.25) is 4.79 Å². The van der Waals surface area contributed by atoms with Gasteiger partial charge in [-0.15, -0.1) is 11.3 Å². The minimum absolute atomic E-state index is 0.176. The molecular weight excluding hydrogens is 260 g/mol. The van der Waals surface area contributed by atoms with E-state index in [0.717, 1.165) is 16.2 Å². The monoisotopic (exact) mass is 276 g/mol. The van der Waals surface area contributed by atoms with Crippen LogP contribution in [0.2, 0.25) is 0 Å². The summed E-state index contributed by atoms with van der Waals surface area (Å²) in [5.74, 6) is 0.597. The van der Waals surface area contributed by atoms with Gasteiger partial charge in [-0.1, -0.05) is 18.2 Å². The summed E-state index contributed by atoms with van der Waals surface area (Å²) in [5.41, 5.74) is 6.85. The fraction of sp³-hybridized carbons (Fsp3) is 0.214. The zero-order chi connectivity index (χ0) is 13.7. The number of nitrogens with two attached hydrogens (primary N) is 1.